The van der Waals surface area contributed by atoms with Crippen molar-refractivity contribution >= 4 is 5.91 Å². The van der Waals surface area contributed by atoms with Gasteiger partial charge in [0.25, 0.3) is 0 Å². The summed E-state index contributed by atoms with van der Waals surface area (Å²) >= 11 is 0. The molecule has 0 saturated carbocycles. The number of rotatable bonds is 5. The second-order valence-electron chi connectivity index (χ2n) is 7.47. The number of likely N-dealkylation sites (tertiary alicyclic amines) is 1. The van der Waals surface area contributed by atoms with Crippen molar-refractivity contribution in [1.29, 1.82) is 0 Å². The van der Waals surface area contributed by atoms with Crippen molar-refractivity contribution in [2.75, 3.05) is 32.8 Å². The van der Waals surface area contributed by atoms with Crippen LogP contribution in [0.1, 0.15) is 40.0 Å². The number of hydrogen-bond donors (Lipinski definition) is 2. The van der Waals surface area contributed by atoms with Gasteiger partial charge in [-0.15, -0.1) is 0 Å². The van der Waals surface area contributed by atoms with Crippen LogP contribution < -0.4 is 5.32 Å². The van der Waals surface area contributed by atoms with Crippen molar-refractivity contribution in [3.8, 4) is 0 Å². The second-order valence-corrected chi connectivity index (χ2v) is 7.47. The molecule has 0 aromatic rings. The Morgan fingerprint density at radius 1 is 1.27 bits per heavy atom. The lowest BCUT2D eigenvalue weighted by Gasteiger charge is -2.36. The topological polar surface area (TPSA) is 61.8 Å². The highest BCUT2D eigenvalue weighted by molar-refractivity contribution is 5.81. The first-order chi connectivity index (χ1) is 10.5. The molecule has 2 aliphatic rings. The van der Waals surface area contributed by atoms with E-state index in [0.717, 1.165) is 44.3 Å². The van der Waals surface area contributed by atoms with Gasteiger partial charge >= 0.3 is 0 Å². The zero-order valence-corrected chi connectivity index (χ0v) is 14.3. The minimum Gasteiger partial charge on any atom is -0.383 e. The van der Waals surface area contributed by atoms with Gasteiger partial charge in [0, 0.05) is 38.9 Å². The van der Waals surface area contributed by atoms with Crippen LogP contribution in [0.25, 0.3) is 0 Å². The molecule has 22 heavy (non-hydrogen) atoms. The number of carbonyl (C=O) groups is 1. The lowest BCUT2D eigenvalue weighted by atomic mass is 9.91. The van der Waals surface area contributed by atoms with E-state index >= 15 is 0 Å². The lowest BCUT2D eigenvalue weighted by Crippen LogP contribution is -2.50. The average molecular weight is 312 g/mol. The zero-order chi connectivity index (χ0) is 16.1. The summed E-state index contributed by atoms with van der Waals surface area (Å²) in [6, 6.07) is 0.0690. The SMILES string of the molecule is C[C@@H]1C[C@H](C)CN(C[C@H](C)NC(=O)[C@@H](O)C2CCOCC2)C1. The maximum atomic E-state index is 12.2. The van der Waals surface area contributed by atoms with Crippen molar-refractivity contribution in [2.24, 2.45) is 17.8 Å². The van der Waals surface area contributed by atoms with Crippen LogP contribution >= 0.6 is 0 Å². The maximum Gasteiger partial charge on any atom is 0.249 e. The van der Waals surface area contributed by atoms with Gasteiger partial charge < -0.3 is 20.1 Å². The molecule has 0 aromatic heterocycles. The normalized spacial score (nSPS) is 30.7. The quantitative estimate of drug-likeness (QED) is 0.802. The van der Waals surface area contributed by atoms with E-state index in [1.165, 1.54) is 6.42 Å². The van der Waals surface area contributed by atoms with E-state index in [2.05, 4.69) is 24.1 Å². The van der Waals surface area contributed by atoms with Gasteiger partial charge in [0.05, 0.1) is 0 Å². The van der Waals surface area contributed by atoms with Crippen LogP contribution in [0.4, 0.5) is 0 Å². The number of nitrogens with zero attached hydrogens (tertiary/aromatic N) is 1. The van der Waals surface area contributed by atoms with E-state index in [9.17, 15) is 9.90 Å². The summed E-state index contributed by atoms with van der Waals surface area (Å²) in [6.07, 6.45) is 1.93. The van der Waals surface area contributed by atoms with Crippen LogP contribution in [-0.2, 0) is 9.53 Å². The van der Waals surface area contributed by atoms with Gasteiger partial charge in [0.2, 0.25) is 5.91 Å². The molecule has 5 nitrogen and oxygen atoms in total. The molecule has 4 atom stereocenters. The monoisotopic (exact) mass is 312 g/mol. The standard InChI is InChI=1S/C17H32N2O3/c1-12-8-13(2)10-19(9-12)11-14(3)18-17(21)16(20)15-4-6-22-7-5-15/h12-16,20H,4-11H2,1-3H3,(H,18,21)/t12-,13+,14-,16-/m0/s1. The number of nitrogens with one attached hydrogen (secondary N) is 1. The molecule has 0 radical (unpaired) electrons. The van der Waals surface area contributed by atoms with Crippen molar-refractivity contribution < 1.29 is 14.6 Å². The van der Waals surface area contributed by atoms with Gasteiger partial charge in [-0.3, -0.25) is 4.79 Å². The fraction of sp³-hybridized carbons (Fsp3) is 0.941. The molecule has 2 aliphatic heterocycles. The zero-order valence-electron chi connectivity index (χ0n) is 14.3. The van der Waals surface area contributed by atoms with Gasteiger partial charge in [-0.2, -0.15) is 0 Å². The van der Waals surface area contributed by atoms with Crippen LogP contribution in [0.2, 0.25) is 0 Å². The summed E-state index contributed by atoms with van der Waals surface area (Å²) < 4.78 is 5.28. The summed E-state index contributed by atoms with van der Waals surface area (Å²) in [5.74, 6) is 1.26. The minimum atomic E-state index is -0.898. The molecule has 2 N–H and O–H groups in total. The Morgan fingerprint density at radius 3 is 2.45 bits per heavy atom. The first-order valence-electron chi connectivity index (χ1n) is 8.74. The molecular formula is C17H32N2O3. The van der Waals surface area contributed by atoms with Crippen molar-refractivity contribution in [3.05, 3.63) is 0 Å². The molecule has 2 rings (SSSR count). The van der Waals surface area contributed by atoms with Gasteiger partial charge in [0.1, 0.15) is 6.10 Å². The highest BCUT2D eigenvalue weighted by Gasteiger charge is 2.29. The van der Waals surface area contributed by atoms with Crippen LogP contribution in [0.5, 0.6) is 0 Å². The molecule has 0 aromatic carbocycles. The number of aliphatic hydroxyl groups excluding tert-OH is 1. The van der Waals surface area contributed by atoms with Crippen LogP contribution in [0.3, 0.4) is 0 Å². The smallest absolute Gasteiger partial charge is 0.249 e. The van der Waals surface area contributed by atoms with Crippen LogP contribution in [0.15, 0.2) is 0 Å². The van der Waals surface area contributed by atoms with Crippen LogP contribution in [0, 0.1) is 17.8 Å². The minimum absolute atomic E-state index is 0.0379. The van der Waals surface area contributed by atoms with Gasteiger partial charge in [-0.25, -0.2) is 0 Å². The number of hydrogen-bond acceptors (Lipinski definition) is 4. The summed E-state index contributed by atoms with van der Waals surface area (Å²) in [6.45, 7) is 11.0. The summed E-state index contributed by atoms with van der Waals surface area (Å²) in [5, 5.41) is 13.2. The first kappa shape index (κ1) is 17.7. The van der Waals surface area contributed by atoms with E-state index in [1.807, 2.05) is 6.92 Å². The van der Waals surface area contributed by atoms with Crippen molar-refractivity contribution in [2.45, 2.75) is 52.2 Å². The average Bonchev–Trinajstić information content (AvgIpc) is 2.46. The number of ether oxygens (including phenoxy) is 1. The molecule has 0 aliphatic carbocycles. The fourth-order valence-electron chi connectivity index (χ4n) is 3.95. The summed E-state index contributed by atoms with van der Waals surface area (Å²) in [4.78, 5) is 14.6. The summed E-state index contributed by atoms with van der Waals surface area (Å²) in [5.41, 5.74) is 0. The Bertz CT molecular complexity index is 348. The largest absolute Gasteiger partial charge is 0.383 e. The number of aliphatic hydroxyl groups is 1. The molecule has 0 spiro atoms. The number of carbonyl (C=O) groups excluding carboxylic acids is 1. The van der Waals surface area contributed by atoms with E-state index < -0.39 is 6.10 Å². The molecule has 5 heteroatoms. The highest BCUT2D eigenvalue weighted by atomic mass is 16.5. The van der Waals surface area contributed by atoms with E-state index in [4.69, 9.17) is 4.74 Å². The Morgan fingerprint density at radius 2 is 1.86 bits per heavy atom. The van der Waals surface area contributed by atoms with Gasteiger partial charge in [-0.1, -0.05) is 13.8 Å². The van der Waals surface area contributed by atoms with Crippen molar-refractivity contribution in [1.82, 2.24) is 10.2 Å². The number of piperidine rings is 1. The van der Waals surface area contributed by atoms with E-state index in [0.29, 0.717) is 13.2 Å². The molecule has 1 amide bonds. The molecule has 0 unspecified atom stereocenters. The van der Waals surface area contributed by atoms with E-state index in [1.54, 1.807) is 0 Å². The Kier molecular flexibility index (Phi) is 6.66. The van der Waals surface area contributed by atoms with E-state index in [-0.39, 0.29) is 17.9 Å². The highest BCUT2D eigenvalue weighted by Crippen LogP contribution is 2.21. The molecule has 2 saturated heterocycles. The Hall–Kier alpha value is -0.650. The van der Waals surface area contributed by atoms with Crippen molar-refractivity contribution in [3.63, 3.8) is 0 Å². The van der Waals surface area contributed by atoms with Gasteiger partial charge in [-0.05, 0) is 43.9 Å². The lowest BCUT2D eigenvalue weighted by molar-refractivity contribution is -0.134. The molecule has 2 fully saturated rings. The molecule has 2 heterocycles. The fourth-order valence-corrected chi connectivity index (χ4v) is 3.95. The Labute approximate surface area is 134 Å². The molecule has 128 valence electrons. The van der Waals surface area contributed by atoms with Crippen LogP contribution in [-0.4, -0.2) is 60.9 Å². The third-order valence-corrected chi connectivity index (χ3v) is 4.85. The predicted molar refractivity (Wildman–Crippen MR) is 86.5 cm³/mol. The Balaban J connectivity index is 1.75. The molecule has 0 bridgehead atoms. The predicted octanol–water partition coefficient (Wildman–Crippen LogP) is 1.26. The third-order valence-electron chi connectivity index (χ3n) is 4.85. The molecular weight excluding hydrogens is 280 g/mol. The third kappa shape index (κ3) is 5.21. The number of amides is 1. The first-order valence-corrected chi connectivity index (χ1v) is 8.74. The maximum absolute atomic E-state index is 12.2. The summed E-state index contributed by atoms with van der Waals surface area (Å²) in [7, 11) is 0. The van der Waals surface area contributed by atoms with Gasteiger partial charge in [0.15, 0.2) is 0 Å². The second kappa shape index (κ2) is 8.27.